The van der Waals surface area contributed by atoms with Gasteiger partial charge in [-0.3, -0.25) is 0 Å². The van der Waals surface area contributed by atoms with Crippen LogP contribution in [0.2, 0.25) is 0 Å². The molecular formula is C31H32NOS+. The molecule has 6 rings (SSSR count). The van der Waals surface area contributed by atoms with E-state index in [1.807, 2.05) is 0 Å². The minimum atomic E-state index is 0.185. The van der Waals surface area contributed by atoms with Crippen LogP contribution in [0.3, 0.4) is 0 Å². The van der Waals surface area contributed by atoms with Crippen LogP contribution in [0.4, 0.5) is 0 Å². The van der Waals surface area contributed by atoms with Crippen molar-refractivity contribution < 1.29 is 8.98 Å². The number of thiazole rings is 1. The molecule has 0 fully saturated rings. The first-order valence-electron chi connectivity index (χ1n) is 12.2. The molecule has 0 radical (unpaired) electrons. The van der Waals surface area contributed by atoms with Crippen LogP contribution >= 0.6 is 11.3 Å². The molecule has 0 spiro atoms. The van der Waals surface area contributed by atoms with Crippen LogP contribution in [0.5, 0.6) is 0 Å². The molecule has 3 heteroatoms. The van der Waals surface area contributed by atoms with Gasteiger partial charge in [-0.05, 0) is 65.0 Å². The normalized spacial score (nSPS) is 16.8. The van der Waals surface area contributed by atoms with Crippen molar-refractivity contribution in [3.63, 3.8) is 0 Å². The summed E-state index contributed by atoms with van der Waals surface area (Å²) < 4.78 is 8.75. The van der Waals surface area contributed by atoms with E-state index in [0.29, 0.717) is 0 Å². The maximum absolute atomic E-state index is 6.55. The van der Waals surface area contributed by atoms with Crippen molar-refractivity contribution in [2.24, 2.45) is 7.05 Å². The molecule has 2 heterocycles. The van der Waals surface area contributed by atoms with E-state index in [4.69, 9.17) is 4.42 Å². The van der Waals surface area contributed by atoms with Crippen LogP contribution in [0.15, 0.2) is 64.5 Å². The Morgan fingerprint density at radius 2 is 1.62 bits per heavy atom. The maximum atomic E-state index is 6.55. The monoisotopic (exact) mass is 466 g/mol. The van der Waals surface area contributed by atoms with Crippen LogP contribution in [0.1, 0.15) is 57.2 Å². The van der Waals surface area contributed by atoms with E-state index in [2.05, 4.69) is 106 Å². The maximum Gasteiger partial charge on any atom is 0.269 e. The summed E-state index contributed by atoms with van der Waals surface area (Å²) in [6, 6.07) is 18.2. The third kappa shape index (κ3) is 3.17. The van der Waals surface area contributed by atoms with Crippen LogP contribution in [0.25, 0.3) is 43.6 Å². The summed E-state index contributed by atoms with van der Waals surface area (Å²) in [7, 11) is 2.11. The Hall–Kier alpha value is -2.91. The summed E-state index contributed by atoms with van der Waals surface area (Å²) in [4.78, 5) is 0. The highest BCUT2D eigenvalue weighted by molar-refractivity contribution is 7.12. The third-order valence-corrected chi connectivity index (χ3v) is 9.01. The van der Waals surface area contributed by atoms with E-state index in [1.165, 1.54) is 62.0 Å². The largest absolute Gasteiger partial charge is 0.455 e. The summed E-state index contributed by atoms with van der Waals surface area (Å²) >= 11 is 1.78. The molecule has 0 atom stereocenters. The Labute approximate surface area is 205 Å². The number of para-hydroxylation sites is 1. The topological polar surface area (TPSA) is 17.0 Å². The van der Waals surface area contributed by atoms with Crippen LogP contribution < -0.4 is 4.57 Å². The molecule has 1 aliphatic rings. The number of hydrogen-bond donors (Lipinski definition) is 0. The summed E-state index contributed by atoms with van der Waals surface area (Å²) in [5, 5.41) is 5.78. The Morgan fingerprint density at radius 3 is 2.35 bits per heavy atom. The van der Waals surface area contributed by atoms with Gasteiger partial charge in [0.2, 0.25) is 0 Å². The number of nitrogens with zero attached hydrogens (tertiary/aromatic N) is 1. The first-order chi connectivity index (χ1) is 16.2. The lowest BCUT2D eigenvalue weighted by Gasteiger charge is -2.42. The van der Waals surface area contributed by atoms with E-state index >= 15 is 0 Å². The van der Waals surface area contributed by atoms with Gasteiger partial charge in [0.1, 0.15) is 18.2 Å². The van der Waals surface area contributed by atoms with Gasteiger partial charge in [0.25, 0.3) is 5.01 Å². The highest BCUT2D eigenvalue weighted by atomic mass is 32.1. The van der Waals surface area contributed by atoms with Crippen molar-refractivity contribution in [1.29, 1.82) is 0 Å². The molecule has 0 N–H and O–H groups in total. The third-order valence-electron chi connectivity index (χ3n) is 8.02. The zero-order chi connectivity index (χ0) is 23.8. The fourth-order valence-corrected chi connectivity index (χ4v) is 6.70. The minimum absolute atomic E-state index is 0.185. The summed E-state index contributed by atoms with van der Waals surface area (Å²) in [5.74, 6) is 0. The molecule has 0 aliphatic heterocycles. The van der Waals surface area contributed by atoms with Crippen LogP contribution in [-0.4, -0.2) is 0 Å². The fraction of sp³-hybridized carbons (Fsp3) is 0.323. The molecule has 2 aromatic heterocycles. The second-order valence-corrected chi connectivity index (χ2v) is 12.2. The molecule has 3 aromatic carbocycles. The quantitative estimate of drug-likeness (QED) is 0.238. The van der Waals surface area contributed by atoms with Gasteiger partial charge in [0.15, 0.2) is 6.20 Å². The van der Waals surface area contributed by atoms with Gasteiger partial charge in [-0.2, -0.15) is 4.57 Å². The van der Waals surface area contributed by atoms with Crippen molar-refractivity contribution in [2.75, 3.05) is 0 Å². The Balaban J connectivity index is 1.57. The number of furan rings is 1. The van der Waals surface area contributed by atoms with E-state index < -0.39 is 0 Å². The lowest BCUT2D eigenvalue weighted by atomic mass is 9.63. The molecular weight excluding hydrogens is 434 g/mol. The second-order valence-electron chi connectivity index (χ2n) is 11.3. The van der Waals surface area contributed by atoms with E-state index in [9.17, 15) is 0 Å². The molecule has 0 saturated carbocycles. The highest BCUT2D eigenvalue weighted by Gasteiger charge is 2.37. The summed E-state index contributed by atoms with van der Waals surface area (Å²) in [6.07, 6.45) is 4.57. The first kappa shape index (κ1) is 21.6. The molecule has 0 amide bonds. The number of fused-ring (bicyclic) bond motifs is 4. The fourth-order valence-electron chi connectivity index (χ4n) is 5.75. The minimum Gasteiger partial charge on any atom is -0.455 e. The predicted molar refractivity (Wildman–Crippen MR) is 144 cm³/mol. The average molecular weight is 467 g/mol. The van der Waals surface area contributed by atoms with Crippen molar-refractivity contribution in [2.45, 2.75) is 58.3 Å². The smallest absolute Gasteiger partial charge is 0.269 e. The standard InChI is InChI=1S/C31H32NOS/c1-19-16-27-24(18-23(19)29-32(6)14-15-34-29)22-9-7-8-21(28(22)33-27)20-10-11-25-26(17-20)31(4,5)13-12-30(25,2)3/h7-11,14-18H,12-13H2,1-6H3/q+1. The molecule has 0 unspecified atom stereocenters. The van der Waals surface area contributed by atoms with Gasteiger partial charge in [0, 0.05) is 16.3 Å². The molecule has 5 aromatic rings. The average Bonchev–Trinajstić information content (AvgIpc) is 3.38. The molecule has 2 nitrogen and oxygen atoms in total. The van der Waals surface area contributed by atoms with Gasteiger partial charge >= 0.3 is 0 Å². The number of hydrogen-bond acceptors (Lipinski definition) is 2. The van der Waals surface area contributed by atoms with Gasteiger partial charge in [-0.1, -0.05) is 75.4 Å². The Bertz CT molecular complexity index is 1580. The van der Waals surface area contributed by atoms with Gasteiger partial charge in [-0.25, -0.2) is 0 Å². The first-order valence-corrected chi connectivity index (χ1v) is 13.1. The van der Waals surface area contributed by atoms with Crippen molar-refractivity contribution in [3.05, 3.63) is 76.8 Å². The van der Waals surface area contributed by atoms with Gasteiger partial charge in [0.05, 0.1) is 10.9 Å². The van der Waals surface area contributed by atoms with Gasteiger partial charge < -0.3 is 4.42 Å². The number of rotatable bonds is 2. The number of aromatic nitrogens is 1. The van der Waals surface area contributed by atoms with Crippen molar-refractivity contribution >= 4 is 33.3 Å². The molecule has 0 bridgehead atoms. The molecule has 1 aliphatic carbocycles. The Kier molecular flexibility index (Phi) is 4.64. The van der Waals surface area contributed by atoms with E-state index in [0.717, 1.165) is 11.2 Å². The summed E-state index contributed by atoms with van der Waals surface area (Å²) in [6.45, 7) is 11.7. The van der Waals surface area contributed by atoms with Gasteiger partial charge in [-0.15, -0.1) is 0 Å². The zero-order valence-corrected chi connectivity index (χ0v) is 21.8. The SMILES string of the molecule is Cc1cc2oc3c(-c4ccc5c(c4)C(C)(C)CCC5(C)C)cccc3c2cc1-c1scc[n+]1C. The van der Waals surface area contributed by atoms with E-state index in [-0.39, 0.29) is 10.8 Å². The lowest BCUT2D eigenvalue weighted by Crippen LogP contribution is -2.33. The highest BCUT2D eigenvalue weighted by Crippen LogP contribution is 2.47. The van der Waals surface area contributed by atoms with E-state index in [1.54, 1.807) is 11.3 Å². The molecule has 172 valence electrons. The second kappa shape index (κ2) is 7.29. The van der Waals surface area contributed by atoms with Crippen molar-refractivity contribution in [1.82, 2.24) is 0 Å². The summed E-state index contributed by atoms with van der Waals surface area (Å²) in [5.41, 5.74) is 10.3. The van der Waals surface area contributed by atoms with Crippen LogP contribution in [0, 0.1) is 6.92 Å². The molecule has 0 saturated heterocycles. The predicted octanol–water partition coefficient (Wildman–Crippen LogP) is 8.46. The zero-order valence-electron chi connectivity index (χ0n) is 21.0. The molecule has 34 heavy (non-hydrogen) atoms. The van der Waals surface area contributed by atoms with Crippen molar-refractivity contribution in [3.8, 4) is 21.7 Å². The lowest BCUT2D eigenvalue weighted by molar-refractivity contribution is -0.655. The van der Waals surface area contributed by atoms with Crippen LogP contribution in [-0.2, 0) is 17.9 Å². The number of benzene rings is 3. The number of aryl methyl sites for hydroxylation is 2. The Morgan fingerprint density at radius 1 is 0.853 bits per heavy atom.